The van der Waals surface area contributed by atoms with Crippen LogP contribution in [0.25, 0.3) is 0 Å². The van der Waals surface area contributed by atoms with Crippen molar-refractivity contribution in [3.05, 3.63) is 28.7 Å². The first-order chi connectivity index (χ1) is 10.1. The Morgan fingerprint density at radius 2 is 2.14 bits per heavy atom. The van der Waals surface area contributed by atoms with E-state index in [1.165, 1.54) is 11.8 Å². The van der Waals surface area contributed by atoms with E-state index in [0.717, 1.165) is 10.9 Å². The summed E-state index contributed by atoms with van der Waals surface area (Å²) in [6, 6.07) is 7.31. The maximum absolute atomic E-state index is 12.0. The molecule has 1 heterocycles. The SMILES string of the molecule is CCCN=C1NC(=O)[C@H](CC(=O)Nc2ccc(Br)cc2)S1. The van der Waals surface area contributed by atoms with Crippen LogP contribution in [0.3, 0.4) is 0 Å². The molecule has 1 aliphatic rings. The molecular weight excluding hydrogens is 354 g/mol. The van der Waals surface area contributed by atoms with Gasteiger partial charge in [0.05, 0.1) is 0 Å². The Labute approximate surface area is 136 Å². The third-order valence-corrected chi connectivity index (χ3v) is 4.40. The van der Waals surface area contributed by atoms with E-state index in [-0.39, 0.29) is 18.2 Å². The van der Waals surface area contributed by atoms with Gasteiger partial charge in [-0.05, 0) is 30.7 Å². The fourth-order valence-electron chi connectivity index (χ4n) is 1.74. The minimum absolute atomic E-state index is 0.137. The summed E-state index contributed by atoms with van der Waals surface area (Å²) in [6.45, 7) is 2.70. The summed E-state index contributed by atoms with van der Waals surface area (Å²) in [5.74, 6) is -0.331. The van der Waals surface area contributed by atoms with Gasteiger partial charge in [0.2, 0.25) is 11.8 Å². The summed E-state index contributed by atoms with van der Waals surface area (Å²) in [6.07, 6.45) is 1.06. The van der Waals surface area contributed by atoms with Crippen LogP contribution in [0.2, 0.25) is 0 Å². The van der Waals surface area contributed by atoms with Crippen LogP contribution in [0.1, 0.15) is 19.8 Å². The number of hydrogen-bond donors (Lipinski definition) is 2. The quantitative estimate of drug-likeness (QED) is 0.837. The zero-order valence-corrected chi connectivity index (χ0v) is 14.0. The summed E-state index contributed by atoms with van der Waals surface area (Å²) in [4.78, 5) is 28.0. The van der Waals surface area contributed by atoms with E-state index >= 15 is 0 Å². The van der Waals surface area contributed by atoms with Crippen molar-refractivity contribution < 1.29 is 9.59 Å². The summed E-state index contributed by atoms with van der Waals surface area (Å²) in [5, 5.41) is 5.69. The average molecular weight is 370 g/mol. The number of amides is 2. The smallest absolute Gasteiger partial charge is 0.240 e. The lowest BCUT2D eigenvalue weighted by Crippen LogP contribution is -2.28. The summed E-state index contributed by atoms with van der Waals surface area (Å²) in [7, 11) is 0. The van der Waals surface area contributed by atoms with Gasteiger partial charge in [-0.15, -0.1) is 0 Å². The van der Waals surface area contributed by atoms with Crippen molar-refractivity contribution in [3.8, 4) is 0 Å². The van der Waals surface area contributed by atoms with Gasteiger partial charge in [0.15, 0.2) is 5.17 Å². The van der Waals surface area contributed by atoms with Crippen molar-refractivity contribution in [2.75, 3.05) is 11.9 Å². The minimum atomic E-state index is -0.406. The maximum Gasteiger partial charge on any atom is 0.240 e. The number of nitrogens with one attached hydrogen (secondary N) is 2. The molecule has 1 atom stereocenters. The van der Waals surface area contributed by atoms with Crippen LogP contribution >= 0.6 is 27.7 Å². The number of thioether (sulfide) groups is 1. The van der Waals surface area contributed by atoms with E-state index in [1.807, 2.05) is 19.1 Å². The summed E-state index contributed by atoms with van der Waals surface area (Å²) in [5.41, 5.74) is 0.714. The van der Waals surface area contributed by atoms with Gasteiger partial charge in [-0.25, -0.2) is 0 Å². The van der Waals surface area contributed by atoms with Gasteiger partial charge >= 0.3 is 0 Å². The number of benzene rings is 1. The molecule has 0 bridgehead atoms. The van der Waals surface area contributed by atoms with Gasteiger partial charge in [0.25, 0.3) is 0 Å². The van der Waals surface area contributed by atoms with E-state index in [2.05, 4.69) is 31.6 Å². The predicted octanol–water partition coefficient (Wildman–Crippen LogP) is 2.78. The third-order valence-electron chi connectivity index (χ3n) is 2.75. The highest BCUT2D eigenvalue weighted by molar-refractivity contribution is 9.10. The summed E-state index contributed by atoms with van der Waals surface area (Å²) < 4.78 is 0.947. The molecule has 2 N–H and O–H groups in total. The molecule has 0 saturated carbocycles. The molecule has 2 rings (SSSR count). The lowest BCUT2D eigenvalue weighted by Gasteiger charge is -2.07. The first-order valence-electron chi connectivity index (χ1n) is 6.66. The molecule has 0 spiro atoms. The number of rotatable bonds is 5. The Balaban J connectivity index is 1.88. The van der Waals surface area contributed by atoms with Crippen LogP contribution < -0.4 is 10.6 Å². The van der Waals surface area contributed by atoms with Crippen molar-refractivity contribution in [2.24, 2.45) is 4.99 Å². The number of carbonyl (C=O) groups is 2. The zero-order chi connectivity index (χ0) is 15.2. The predicted molar refractivity (Wildman–Crippen MR) is 89.5 cm³/mol. The Bertz CT molecular complexity index is 560. The van der Waals surface area contributed by atoms with Gasteiger partial charge in [0.1, 0.15) is 5.25 Å². The minimum Gasteiger partial charge on any atom is -0.326 e. The van der Waals surface area contributed by atoms with Gasteiger partial charge in [-0.2, -0.15) is 0 Å². The highest BCUT2D eigenvalue weighted by Crippen LogP contribution is 2.23. The number of carbonyl (C=O) groups excluding carboxylic acids is 2. The molecule has 0 aromatic heterocycles. The molecule has 0 radical (unpaired) electrons. The van der Waals surface area contributed by atoms with Crippen LogP contribution in [0.15, 0.2) is 33.7 Å². The van der Waals surface area contributed by atoms with Crippen LogP contribution in [0.4, 0.5) is 5.69 Å². The largest absolute Gasteiger partial charge is 0.326 e. The van der Waals surface area contributed by atoms with Crippen molar-refractivity contribution in [1.29, 1.82) is 0 Å². The topological polar surface area (TPSA) is 70.6 Å². The molecule has 0 unspecified atom stereocenters. The zero-order valence-electron chi connectivity index (χ0n) is 11.6. The monoisotopic (exact) mass is 369 g/mol. The molecule has 7 heteroatoms. The van der Waals surface area contributed by atoms with Gasteiger partial charge in [-0.3, -0.25) is 14.6 Å². The van der Waals surface area contributed by atoms with Crippen LogP contribution in [0.5, 0.6) is 0 Å². The van der Waals surface area contributed by atoms with E-state index < -0.39 is 5.25 Å². The van der Waals surface area contributed by atoms with Crippen LogP contribution in [-0.2, 0) is 9.59 Å². The highest BCUT2D eigenvalue weighted by Gasteiger charge is 2.31. The number of aliphatic imine (C=N–C) groups is 1. The molecule has 1 aliphatic heterocycles. The van der Waals surface area contributed by atoms with Crippen LogP contribution in [-0.4, -0.2) is 28.8 Å². The molecule has 2 amide bonds. The second-order valence-corrected chi connectivity index (χ2v) is 6.65. The molecule has 1 aromatic rings. The first-order valence-corrected chi connectivity index (χ1v) is 8.33. The maximum atomic E-state index is 12.0. The second kappa shape index (κ2) is 7.61. The molecule has 1 aromatic carbocycles. The lowest BCUT2D eigenvalue weighted by molar-refractivity contribution is -0.122. The van der Waals surface area contributed by atoms with Gasteiger partial charge < -0.3 is 10.6 Å². The summed E-state index contributed by atoms with van der Waals surface area (Å²) >= 11 is 4.66. The van der Waals surface area contributed by atoms with Crippen LogP contribution in [0, 0.1) is 0 Å². The number of nitrogens with zero attached hydrogens (tertiary/aromatic N) is 1. The Morgan fingerprint density at radius 1 is 1.43 bits per heavy atom. The standard InChI is InChI=1S/C14H16BrN3O2S/c1-2-7-16-14-18-13(20)11(21-14)8-12(19)17-10-5-3-9(15)4-6-10/h3-6,11H,2,7-8H2,1H3,(H,17,19)(H,16,18,20)/t11-/m0/s1. The number of amidine groups is 1. The average Bonchev–Trinajstić information content (AvgIpc) is 2.79. The molecule has 1 saturated heterocycles. The van der Waals surface area contributed by atoms with Crippen molar-refractivity contribution in [2.45, 2.75) is 25.0 Å². The Morgan fingerprint density at radius 3 is 2.81 bits per heavy atom. The number of anilines is 1. The lowest BCUT2D eigenvalue weighted by atomic mass is 10.2. The molecular formula is C14H16BrN3O2S. The van der Waals surface area contributed by atoms with Crippen molar-refractivity contribution in [3.63, 3.8) is 0 Å². The number of hydrogen-bond acceptors (Lipinski definition) is 4. The van der Waals surface area contributed by atoms with E-state index in [9.17, 15) is 9.59 Å². The molecule has 1 fully saturated rings. The molecule has 0 aliphatic carbocycles. The van der Waals surface area contributed by atoms with E-state index in [1.54, 1.807) is 12.1 Å². The third kappa shape index (κ3) is 4.86. The fourth-order valence-corrected chi connectivity index (χ4v) is 3.00. The number of halogens is 1. The van der Waals surface area contributed by atoms with Gasteiger partial charge in [0, 0.05) is 23.1 Å². The highest BCUT2D eigenvalue weighted by atomic mass is 79.9. The first kappa shape index (κ1) is 16.0. The molecule has 5 nitrogen and oxygen atoms in total. The molecule has 112 valence electrons. The van der Waals surface area contributed by atoms with Crippen molar-refractivity contribution >= 4 is 50.4 Å². The fraction of sp³-hybridized carbons (Fsp3) is 0.357. The Kier molecular flexibility index (Phi) is 5.81. The molecule has 21 heavy (non-hydrogen) atoms. The van der Waals surface area contributed by atoms with Gasteiger partial charge in [-0.1, -0.05) is 34.6 Å². The normalized spacial score (nSPS) is 19.6. The van der Waals surface area contributed by atoms with E-state index in [4.69, 9.17) is 0 Å². The van der Waals surface area contributed by atoms with E-state index in [0.29, 0.717) is 17.4 Å². The van der Waals surface area contributed by atoms with Crippen molar-refractivity contribution in [1.82, 2.24) is 5.32 Å². The Hall–Kier alpha value is -1.34. The second-order valence-electron chi connectivity index (χ2n) is 4.54.